The minimum Gasteiger partial charge on any atom is -0.445 e. The topological polar surface area (TPSA) is 375 Å². The number of imidazole rings is 2. The van der Waals surface area contributed by atoms with Gasteiger partial charge >= 0.3 is 29.2 Å². The van der Waals surface area contributed by atoms with Crippen LogP contribution in [0.25, 0.3) is 22.3 Å². The molecule has 0 spiro atoms. The van der Waals surface area contributed by atoms with Crippen molar-refractivity contribution in [3.63, 3.8) is 0 Å². The Bertz CT molecular complexity index is 3680. The van der Waals surface area contributed by atoms with E-state index in [0.717, 1.165) is 6.33 Å². The first-order valence-electron chi connectivity index (χ1n) is 26.1. The minimum atomic E-state index is -4.73. The number of amides is 5. The Hall–Kier alpha value is -7.46. The third kappa shape index (κ3) is 14.5. The number of benzene rings is 2. The van der Waals surface area contributed by atoms with Gasteiger partial charge in [-0.05, 0) is 74.7 Å². The molecule has 0 saturated carbocycles. The van der Waals surface area contributed by atoms with E-state index in [-0.39, 0.29) is 53.8 Å². The zero-order valence-corrected chi connectivity index (χ0v) is 48.6. The van der Waals surface area contributed by atoms with E-state index in [1.807, 2.05) is 0 Å². The predicted octanol–water partition coefficient (Wildman–Crippen LogP) is 3.35. The molecule has 2 aromatic carbocycles. The van der Waals surface area contributed by atoms with Crippen molar-refractivity contribution >= 4 is 92.7 Å². The smallest absolute Gasteiger partial charge is 0.410 e. The molecule has 3 fully saturated rings. The first-order valence-corrected chi connectivity index (χ1v) is 30.1. The summed E-state index contributed by atoms with van der Waals surface area (Å²) in [5, 5.41) is 10.4. The molecule has 7 heterocycles. The molecule has 7 N–H and O–H groups in total. The average Bonchev–Trinajstić information content (AvgIpc) is 3.89. The van der Waals surface area contributed by atoms with Gasteiger partial charge in [0.05, 0.1) is 31.6 Å². The average molecular weight is 1230 g/mol. The predicted molar refractivity (Wildman–Crippen MR) is 297 cm³/mol. The van der Waals surface area contributed by atoms with Gasteiger partial charge in [0.1, 0.15) is 54.4 Å². The van der Waals surface area contributed by atoms with Crippen molar-refractivity contribution in [2.24, 2.45) is 5.92 Å². The fourth-order valence-electron chi connectivity index (χ4n) is 9.15. The van der Waals surface area contributed by atoms with E-state index in [9.17, 15) is 42.1 Å². The van der Waals surface area contributed by atoms with E-state index in [1.165, 1.54) is 52.9 Å². The van der Waals surface area contributed by atoms with Crippen LogP contribution < -0.4 is 31.5 Å². The quantitative estimate of drug-likeness (QED) is 0.0769. The molecule has 30 nitrogen and oxygen atoms in total. The van der Waals surface area contributed by atoms with Gasteiger partial charge in [-0.2, -0.15) is 18.1 Å². The van der Waals surface area contributed by atoms with Gasteiger partial charge in [-0.1, -0.05) is 44.2 Å². The van der Waals surface area contributed by atoms with Crippen LogP contribution in [0.5, 0.6) is 0 Å². The Labute approximate surface area is 483 Å². The number of anilines is 2. The number of hydrogen-bond donors (Lipinski definition) is 7. The molecule has 4 aromatic heterocycles. The van der Waals surface area contributed by atoms with Crippen LogP contribution >= 0.6 is 6.72 Å². The number of aromatic nitrogens is 8. The molecule has 3 saturated heterocycles. The Morgan fingerprint density at radius 3 is 2.42 bits per heavy atom. The second-order valence-electron chi connectivity index (χ2n) is 21.1. The number of carbonyl (C=O) groups excluding carboxylic acids is 5. The third-order valence-corrected chi connectivity index (χ3v) is 15.8. The molecule has 9 rings (SSSR count). The number of ether oxygens (including phenoxy) is 4. The summed E-state index contributed by atoms with van der Waals surface area (Å²) in [6.07, 6.45) is -7.00. The molecule has 84 heavy (non-hydrogen) atoms. The number of hydrogen-bond acceptors (Lipinski definition) is 21. The molecular formula is C50H60FN14O16PS2. The number of rotatable bonds is 14. The highest BCUT2D eigenvalue weighted by Crippen LogP contribution is 2.50. The van der Waals surface area contributed by atoms with Crippen molar-refractivity contribution < 1.29 is 73.9 Å². The number of alkyl carbamates (subject to hydrolysis) is 1. The van der Waals surface area contributed by atoms with E-state index in [0.29, 0.717) is 22.3 Å². The van der Waals surface area contributed by atoms with Gasteiger partial charge in [-0.3, -0.25) is 43.1 Å². The van der Waals surface area contributed by atoms with Crippen molar-refractivity contribution in [3.05, 3.63) is 101 Å². The van der Waals surface area contributed by atoms with Crippen LogP contribution in [-0.4, -0.2) is 156 Å². The van der Waals surface area contributed by atoms with Crippen LogP contribution in [0, 0.1) is 5.92 Å². The van der Waals surface area contributed by atoms with Crippen LogP contribution in [0.15, 0.2) is 78.5 Å². The van der Waals surface area contributed by atoms with Gasteiger partial charge in [0.25, 0.3) is 11.5 Å². The number of halogens is 1. The fourth-order valence-corrected chi connectivity index (χ4v) is 11.5. The number of H-pyrrole nitrogens is 1. The van der Waals surface area contributed by atoms with Crippen LogP contribution in [-0.2, 0) is 77.0 Å². The Balaban J connectivity index is 0.810. The molecule has 3 aliphatic heterocycles. The number of aromatic amines is 1. The first-order chi connectivity index (χ1) is 39.7. The number of nitrogens with zero attached hydrogens (tertiary/aromatic N) is 8. The molecule has 450 valence electrons. The molecule has 10 atom stereocenters. The summed E-state index contributed by atoms with van der Waals surface area (Å²) >= 11 is 5.28. The number of fused-ring (bicyclic) bond motifs is 5. The van der Waals surface area contributed by atoms with Crippen molar-refractivity contribution in [2.75, 3.05) is 30.8 Å². The summed E-state index contributed by atoms with van der Waals surface area (Å²) in [6.45, 7) is 4.36. The van der Waals surface area contributed by atoms with Gasteiger partial charge < -0.3 is 49.2 Å². The molecule has 0 aliphatic carbocycles. The summed E-state index contributed by atoms with van der Waals surface area (Å²) in [5.74, 6) is -2.52. The fraction of sp³-hybridized carbons (Fsp3) is 0.460. The summed E-state index contributed by atoms with van der Waals surface area (Å²) in [4.78, 5) is 115. The van der Waals surface area contributed by atoms with Crippen LogP contribution in [0.3, 0.4) is 0 Å². The van der Waals surface area contributed by atoms with E-state index in [1.54, 1.807) is 77.1 Å². The Morgan fingerprint density at radius 2 is 1.68 bits per heavy atom. The maximum atomic E-state index is 16.3. The highest BCUT2D eigenvalue weighted by Gasteiger charge is 2.51. The van der Waals surface area contributed by atoms with E-state index >= 15 is 4.39 Å². The van der Waals surface area contributed by atoms with Crippen LogP contribution in [0.4, 0.5) is 25.6 Å². The molecule has 0 radical (unpaired) electrons. The highest BCUT2D eigenvalue weighted by atomic mass is 32.5. The molecular weight excluding hydrogens is 1170 g/mol. The zero-order valence-electron chi connectivity index (χ0n) is 46.0. The summed E-state index contributed by atoms with van der Waals surface area (Å²) < 4.78 is 88.1. The highest BCUT2D eigenvalue weighted by molar-refractivity contribution is 8.07. The van der Waals surface area contributed by atoms with Gasteiger partial charge in [0.2, 0.25) is 17.8 Å². The maximum absolute atomic E-state index is 16.3. The summed E-state index contributed by atoms with van der Waals surface area (Å²) in [6, 6.07) is 10.8. The normalized spacial score (nSPS) is 24.1. The minimum absolute atomic E-state index is 0.0867. The van der Waals surface area contributed by atoms with Gasteiger partial charge in [-0.25, -0.2) is 38.1 Å². The number of nitrogens with one attached hydrogen (secondary N) is 6. The van der Waals surface area contributed by atoms with Crippen molar-refractivity contribution in [3.8, 4) is 0 Å². The lowest BCUT2D eigenvalue weighted by molar-refractivity contribution is -0.128. The van der Waals surface area contributed by atoms with Crippen LogP contribution in [0.2, 0.25) is 0 Å². The largest absolute Gasteiger partial charge is 0.445 e. The zero-order chi connectivity index (χ0) is 60.4. The number of carbonyl (C=O) groups is 5. The molecule has 6 aromatic rings. The van der Waals surface area contributed by atoms with Gasteiger partial charge in [0, 0.05) is 37.8 Å². The van der Waals surface area contributed by atoms with Crippen molar-refractivity contribution in [2.45, 2.75) is 122 Å². The second-order valence-corrected chi connectivity index (χ2v) is 25.3. The lowest BCUT2D eigenvalue weighted by Crippen LogP contribution is -2.54. The summed E-state index contributed by atoms with van der Waals surface area (Å²) in [5.41, 5.74) is -0.0429. The Kier molecular flexibility index (Phi) is 18.2. The summed E-state index contributed by atoms with van der Waals surface area (Å²) in [7, 11) is -3.27. The van der Waals surface area contributed by atoms with Crippen LogP contribution in [0.1, 0.15) is 81.9 Å². The monoisotopic (exact) mass is 1230 g/mol. The van der Waals surface area contributed by atoms with Gasteiger partial charge in [0.15, 0.2) is 35.4 Å². The maximum Gasteiger partial charge on any atom is 0.410 e. The Morgan fingerprint density at radius 1 is 0.952 bits per heavy atom. The second kappa shape index (κ2) is 25.0. The van der Waals surface area contributed by atoms with E-state index < -0.39 is 126 Å². The van der Waals surface area contributed by atoms with Crippen molar-refractivity contribution in [1.82, 2.24) is 59.3 Å². The van der Waals surface area contributed by atoms with E-state index in [4.69, 9.17) is 44.0 Å². The van der Waals surface area contributed by atoms with E-state index in [2.05, 4.69) is 55.9 Å². The number of alkyl halides is 1. The standard InChI is InChI=1S/C50H60FN14O16PS2/c1-25(2)36(59-48(70)79-50(4,5)6)43(68)57-26(3)41(66)58-29-14-12-27(13-15-29)20-75-49(71)63(7)19-28-10-8-9-11-31(28)42(67)61-47-60-40-37(44(69)62-47)55-24-65(40)45-33-16-30(77-45)21-76-82(72,83)80-38-34(18-56-84(73,74)81-33)78-46(35(38)51)64-23-54-32-17-52-22-53-39(32)64/h8-15,17,22-26,30,33-36,38,45-46,56H,16,18-21H2,1-7H3,(H,57,68)(H,58,66)(H,59,70)(H,72,83)(H2,60,61,62,67,69)/t26-,30-,33+,34?,35+,36-,38+,45+,46+,82?/m0/s1. The molecule has 3 aliphatic rings. The molecule has 5 amide bonds. The van der Waals surface area contributed by atoms with Gasteiger partial charge in [-0.15, -0.1) is 0 Å². The first kappa shape index (κ1) is 61.1. The lowest BCUT2D eigenvalue weighted by Gasteiger charge is -2.26. The molecule has 34 heteroatoms. The SMILES string of the molecule is CC(C)[C@H](NC(=O)OC(C)(C)C)C(=O)N[C@@H](C)C(=O)Nc1ccc(COC(=O)N(C)Cc2ccccc2C(=O)Nc2nc3c(ncn3[C@@H]3O[C@@H]4COP(O)(=S)O[C@@H]5C(CNS(=O)(=O)O[C@@H]3C4)O[C@@H](n3cnc4cncnc43)[C@@H]5F)c(=O)[nH]2)cc1. The molecule has 2 bridgehead atoms. The molecule has 2 unspecified atom stereocenters. The van der Waals surface area contributed by atoms with Crippen molar-refractivity contribution in [1.29, 1.82) is 0 Å². The lowest BCUT2D eigenvalue weighted by atomic mass is 10.0. The third-order valence-electron chi connectivity index (χ3n) is 13.2.